The molecule has 0 saturated carbocycles. The Balaban J connectivity index is 2.23. The van der Waals surface area contributed by atoms with Gasteiger partial charge in [-0.25, -0.2) is 9.67 Å². The van der Waals surface area contributed by atoms with E-state index in [4.69, 9.17) is 4.74 Å². The van der Waals surface area contributed by atoms with Crippen LogP contribution in [0.2, 0.25) is 0 Å². The molecule has 0 unspecified atom stereocenters. The first-order valence-electron chi connectivity index (χ1n) is 7.17. The first-order chi connectivity index (χ1) is 10.5. The number of aromatic amines is 1. The van der Waals surface area contributed by atoms with Gasteiger partial charge in [0.05, 0.1) is 17.4 Å². The Morgan fingerprint density at radius 3 is 2.73 bits per heavy atom. The average Bonchev–Trinajstić information content (AvgIpc) is 2.74. The third kappa shape index (κ3) is 2.36. The van der Waals surface area contributed by atoms with Gasteiger partial charge in [-0.05, 0) is 32.9 Å². The van der Waals surface area contributed by atoms with Crippen LogP contribution in [0.1, 0.15) is 19.5 Å². The van der Waals surface area contributed by atoms with Crippen molar-refractivity contribution in [2.75, 3.05) is 0 Å². The molecule has 1 N–H and O–H groups in total. The first-order valence-corrected chi connectivity index (χ1v) is 7.17. The van der Waals surface area contributed by atoms with Gasteiger partial charge in [0, 0.05) is 7.05 Å². The van der Waals surface area contributed by atoms with E-state index >= 15 is 0 Å². The van der Waals surface area contributed by atoms with Gasteiger partial charge in [0.15, 0.2) is 5.65 Å². The van der Waals surface area contributed by atoms with Crippen molar-refractivity contribution in [1.82, 2.24) is 19.7 Å². The maximum atomic E-state index is 12.4. The second-order valence-corrected chi connectivity index (χ2v) is 5.48. The molecule has 0 spiro atoms. The summed E-state index contributed by atoms with van der Waals surface area (Å²) in [5, 5.41) is 4.78. The molecule has 1 aromatic carbocycles. The molecule has 114 valence electrons. The van der Waals surface area contributed by atoms with Gasteiger partial charge < -0.3 is 9.72 Å². The Labute approximate surface area is 127 Å². The fourth-order valence-corrected chi connectivity index (χ4v) is 2.49. The van der Waals surface area contributed by atoms with Crippen LogP contribution < -0.4 is 10.3 Å². The van der Waals surface area contributed by atoms with Gasteiger partial charge in [-0.3, -0.25) is 4.79 Å². The maximum absolute atomic E-state index is 12.4. The third-order valence-corrected chi connectivity index (χ3v) is 3.37. The molecule has 2 heterocycles. The van der Waals surface area contributed by atoms with Crippen LogP contribution in [0.25, 0.3) is 22.4 Å². The van der Waals surface area contributed by atoms with Crippen LogP contribution >= 0.6 is 0 Å². The molecule has 0 amide bonds. The van der Waals surface area contributed by atoms with Crippen molar-refractivity contribution in [2.45, 2.75) is 26.9 Å². The molecule has 0 saturated heterocycles. The number of fused-ring (bicyclic) bond motifs is 1. The number of nitrogens with one attached hydrogen (secondary N) is 1. The molecular weight excluding hydrogens is 280 g/mol. The highest BCUT2D eigenvalue weighted by Gasteiger charge is 2.15. The number of para-hydroxylation sites is 1. The first kappa shape index (κ1) is 14.3. The Hall–Kier alpha value is -2.63. The molecule has 2 aromatic heterocycles. The topological polar surface area (TPSA) is 72.8 Å². The smallest absolute Gasteiger partial charge is 0.262 e. The fraction of sp³-hybridized carbons (Fsp3) is 0.312. The number of H-pyrrole nitrogens is 1. The van der Waals surface area contributed by atoms with Crippen LogP contribution in [0.3, 0.4) is 0 Å². The molecule has 0 atom stereocenters. The van der Waals surface area contributed by atoms with Crippen molar-refractivity contribution in [1.29, 1.82) is 0 Å². The van der Waals surface area contributed by atoms with Crippen LogP contribution in [0.4, 0.5) is 0 Å². The van der Waals surface area contributed by atoms with Crippen molar-refractivity contribution in [3.05, 3.63) is 40.3 Å². The second-order valence-electron chi connectivity index (χ2n) is 5.48. The summed E-state index contributed by atoms with van der Waals surface area (Å²) in [7, 11) is 1.78. The number of hydrogen-bond donors (Lipinski definition) is 1. The van der Waals surface area contributed by atoms with Crippen LogP contribution in [0, 0.1) is 6.92 Å². The quantitative estimate of drug-likeness (QED) is 0.806. The summed E-state index contributed by atoms with van der Waals surface area (Å²) in [5.41, 5.74) is 1.80. The summed E-state index contributed by atoms with van der Waals surface area (Å²) in [4.78, 5) is 19.7. The molecule has 0 radical (unpaired) electrons. The SMILES string of the molecule is Cc1nn(C)c2nc(-c3ccccc3OC(C)C)[nH]c(=O)c12. The summed E-state index contributed by atoms with van der Waals surface area (Å²) in [6.45, 7) is 5.72. The van der Waals surface area contributed by atoms with E-state index < -0.39 is 0 Å². The summed E-state index contributed by atoms with van der Waals surface area (Å²) in [6, 6.07) is 7.53. The van der Waals surface area contributed by atoms with Gasteiger partial charge in [0.2, 0.25) is 0 Å². The lowest BCUT2D eigenvalue weighted by molar-refractivity contribution is 0.243. The Bertz CT molecular complexity index is 893. The molecule has 22 heavy (non-hydrogen) atoms. The predicted molar refractivity (Wildman–Crippen MR) is 85.1 cm³/mol. The number of rotatable bonds is 3. The molecule has 6 heteroatoms. The predicted octanol–water partition coefficient (Wildman–Crippen LogP) is 2.42. The van der Waals surface area contributed by atoms with Gasteiger partial charge in [-0.2, -0.15) is 5.10 Å². The number of nitrogens with zero attached hydrogens (tertiary/aromatic N) is 3. The maximum Gasteiger partial charge on any atom is 0.262 e. The summed E-state index contributed by atoms with van der Waals surface area (Å²) >= 11 is 0. The van der Waals surface area contributed by atoms with Crippen molar-refractivity contribution in [2.24, 2.45) is 7.05 Å². The highest BCUT2D eigenvalue weighted by molar-refractivity contribution is 5.79. The molecule has 0 aliphatic carbocycles. The average molecular weight is 298 g/mol. The number of ether oxygens (including phenoxy) is 1. The zero-order valence-electron chi connectivity index (χ0n) is 13.0. The monoisotopic (exact) mass is 298 g/mol. The highest BCUT2D eigenvalue weighted by atomic mass is 16.5. The van der Waals surface area contributed by atoms with Crippen LogP contribution in [-0.4, -0.2) is 25.9 Å². The second kappa shape index (κ2) is 5.29. The van der Waals surface area contributed by atoms with Crippen molar-refractivity contribution >= 4 is 11.0 Å². The Kier molecular flexibility index (Phi) is 3.44. The van der Waals surface area contributed by atoms with Crippen molar-refractivity contribution in [3.8, 4) is 17.1 Å². The van der Waals surface area contributed by atoms with Gasteiger partial charge in [-0.1, -0.05) is 12.1 Å². The van der Waals surface area contributed by atoms with E-state index in [0.717, 1.165) is 5.56 Å². The molecule has 0 fully saturated rings. The van der Waals surface area contributed by atoms with E-state index in [1.54, 1.807) is 18.7 Å². The number of hydrogen-bond acceptors (Lipinski definition) is 4. The van der Waals surface area contributed by atoms with E-state index in [9.17, 15) is 4.79 Å². The largest absolute Gasteiger partial charge is 0.490 e. The van der Waals surface area contributed by atoms with Crippen LogP contribution in [0.15, 0.2) is 29.1 Å². The van der Waals surface area contributed by atoms with Crippen LogP contribution in [-0.2, 0) is 7.05 Å². The van der Waals surface area contributed by atoms with Gasteiger partial charge >= 0.3 is 0 Å². The molecule has 0 bridgehead atoms. The summed E-state index contributed by atoms with van der Waals surface area (Å²) in [6.07, 6.45) is 0.0375. The minimum atomic E-state index is -0.190. The Morgan fingerprint density at radius 2 is 2.00 bits per heavy atom. The number of aromatic nitrogens is 4. The van der Waals surface area contributed by atoms with Gasteiger partial charge in [-0.15, -0.1) is 0 Å². The molecule has 0 aliphatic rings. The molecule has 3 aromatic rings. The lowest BCUT2D eigenvalue weighted by Gasteiger charge is -2.13. The van der Waals surface area contributed by atoms with Crippen LogP contribution in [0.5, 0.6) is 5.75 Å². The highest BCUT2D eigenvalue weighted by Crippen LogP contribution is 2.28. The fourth-order valence-electron chi connectivity index (χ4n) is 2.49. The summed E-state index contributed by atoms with van der Waals surface area (Å²) in [5.74, 6) is 1.18. The number of benzene rings is 1. The zero-order valence-corrected chi connectivity index (χ0v) is 13.0. The molecular formula is C16H18N4O2. The minimum absolute atomic E-state index is 0.0375. The zero-order chi connectivity index (χ0) is 15.9. The standard InChI is InChI=1S/C16H18N4O2/c1-9(2)22-12-8-6-5-7-11(12)14-17-15-13(16(21)18-14)10(3)19-20(15)4/h5-9H,1-4H3,(H,17,18,21). The van der Waals surface area contributed by atoms with E-state index in [0.29, 0.717) is 28.3 Å². The lowest BCUT2D eigenvalue weighted by Crippen LogP contribution is -2.12. The normalized spacial score (nSPS) is 11.3. The molecule has 0 aliphatic heterocycles. The van der Waals surface area contributed by atoms with E-state index in [-0.39, 0.29) is 11.7 Å². The molecule has 3 rings (SSSR count). The summed E-state index contributed by atoms with van der Waals surface area (Å²) < 4.78 is 7.42. The van der Waals surface area contributed by atoms with Gasteiger partial charge in [0.25, 0.3) is 5.56 Å². The Morgan fingerprint density at radius 1 is 1.27 bits per heavy atom. The van der Waals surface area contributed by atoms with E-state index in [1.165, 1.54) is 0 Å². The van der Waals surface area contributed by atoms with E-state index in [2.05, 4.69) is 15.1 Å². The van der Waals surface area contributed by atoms with Gasteiger partial charge in [0.1, 0.15) is 17.0 Å². The third-order valence-electron chi connectivity index (χ3n) is 3.37. The number of aryl methyl sites for hydroxylation is 2. The minimum Gasteiger partial charge on any atom is -0.490 e. The van der Waals surface area contributed by atoms with E-state index in [1.807, 2.05) is 38.1 Å². The lowest BCUT2D eigenvalue weighted by atomic mass is 10.2. The van der Waals surface area contributed by atoms with Crippen molar-refractivity contribution < 1.29 is 4.74 Å². The van der Waals surface area contributed by atoms with Crippen molar-refractivity contribution in [3.63, 3.8) is 0 Å². The molecule has 6 nitrogen and oxygen atoms in total.